The number of rotatable bonds is 4. The number of carboxylic acids is 1. The maximum absolute atomic E-state index is 12.1. The molecule has 1 saturated heterocycles. The Morgan fingerprint density at radius 3 is 2.29 bits per heavy atom. The first-order valence-electron chi connectivity index (χ1n) is 6.85. The predicted molar refractivity (Wildman–Crippen MR) is 76.1 cm³/mol. The quantitative estimate of drug-likeness (QED) is 0.870. The molecule has 0 saturated carbocycles. The molecule has 1 aliphatic heterocycles. The Kier molecular flexibility index (Phi) is 4.26. The van der Waals surface area contributed by atoms with Crippen molar-refractivity contribution in [3.63, 3.8) is 0 Å². The Bertz CT molecular complexity index is 566. The second-order valence-corrected chi connectivity index (χ2v) is 5.32. The van der Waals surface area contributed by atoms with Crippen molar-refractivity contribution in [2.75, 3.05) is 6.54 Å². The zero-order valence-electron chi connectivity index (χ0n) is 12.0. The lowest BCUT2D eigenvalue weighted by Gasteiger charge is -2.21. The molecule has 6 heteroatoms. The fourth-order valence-electron chi connectivity index (χ4n) is 2.35. The summed E-state index contributed by atoms with van der Waals surface area (Å²) in [4.78, 5) is 36.7. The third-order valence-electron chi connectivity index (χ3n) is 3.56. The number of hydrogen-bond acceptors (Lipinski definition) is 3. The highest BCUT2D eigenvalue weighted by atomic mass is 16.4. The number of carbonyl (C=O) groups is 3. The molecule has 112 valence electrons. The Hall–Kier alpha value is -2.37. The highest BCUT2D eigenvalue weighted by molar-refractivity contribution is 5.99. The third-order valence-corrected chi connectivity index (χ3v) is 3.56. The summed E-state index contributed by atoms with van der Waals surface area (Å²) in [6.45, 7) is 4.51. The van der Waals surface area contributed by atoms with Gasteiger partial charge in [0.1, 0.15) is 6.04 Å². The van der Waals surface area contributed by atoms with Crippen LogP contribution in [-0.2, 0) is 4.79 Å². The van der Waals surface area contributed by atoms with Gasteiger partial charge < -0.3 is 15.3 Å². The molecule has 0 spiro atoms. The summed E-state index contributed by atoms with van der Waals surface area (Å²) in [5.41, 5.74) is 0.463. The molecular weight excluding hydrogens is 272 g/mol. The van der Waals surface area contributed by atoms with Crippen molar-refractivity contribution in [3.05, 3.63) is 35.4 Å². The van der Waals surface area contributed by atoms with E-state index in [0.717, 1.165) is 0 Å². The van der Waals surface area contributed by atoms with E-state index in [9.17, 15) is 14.4 Å². The van der Waals surface area contributed by atoms with Gasteiger partial charge in [-0.2, -0.15) is 0 Å². The van der Waals surface area contributed by atoms with Gasteiger partial charge in [0.15, 0.2) is 0 Å². The van der Waals surface area contributed by atoms with Crippen molar-refractivity contribution < 1.29 is 19.5 Å². The SMILES string of the molecule is CC(C)N1CC[C@@H](NC(=O)c2ccc(C(=O)O)cc2)C1=O. The highest BCUT2D eigenvalue weighted by Crippen LogP contribution is 2.15. The normalized spacial score (nSPS) is 18.1. The van der Waals surface area contributed by atoms with E-state index in [4.69, 9.17) is 5.11 Å². The van der Waals surface area contributed by atoms with Gasteiger partial charge in [0.05, 0.1) is 5.56 Å². The second-order valence-electron chi connectivity index (χ2n) is 5.32. The van der Waals surface area contributed by atoms with Gasteiger partial charge in [-0.3, -0.25) is 9.59 Å². The maximum atomic E-state index is 12.1. The highest BCUT2D eigenvalue weighted by Gasteiger charge is 2.34. The minimum Gasteiger partial charge on any atom is -0.478 e. The number of benzene rings is 1. The molecule has 2 N–H and O–H groups in total. The Morgan fingerprint density at radius 2 is 1.81 bits per heavy atom. The summed E-state index contributed by atoms with van der Waals surface area (Å²) in [6, 6.07) is 5.24. The monoisotopic (exact) mass is 290 g/mol. The number of carboxylic acid groups (broad SMARTS) is 1. The smallest absolute Gasteiger partial charge is 0.335 e. The predicted octanol–water partition coefficient (Wildman–Crippen LogP) is 1.12. The molecule has 0 aromatic heterocycles. The molecule has 0 radical (unpaired) electrons. The fourth-order valence-corrected chi connectivity index (χ4v) is 2.35. The fraction of sp³-hybridized carbons (Fsp3) is 0.400. The number of hydrogen-bond donors (Lipinski definition) is 2. The van der Waals surface area contributed by atoms with Crippen LogP contribution >= 0.6 is 0 Å². The van der Waals surface area contributed by atoms with E-state index in [1.807, 2.05) is 13.8 Å². The topological polar surface area (TPSA) is 86.7 Å². The summed E-state index contributed by atoms with van der Waals surface area (Å²) < 4.78 is 0. The van der Waals surface area contributed by atoms with Crippen LogP contribution in [0.4, 0.5) is 0 Å². The molecule has 1 heterocycles. The molecule has 21 heavy (non-hydrogen) atoms. The summed E-state index contributed by atoms with van der Waals surface area (Å²) in [7, 11) is 0. The number of nitrogens with one attached hydrogen (secondary N) is 1. The molecule has 1 atom stereocenters. The first kappa shape index (κ1) is 15.0. The van der Waals surface area contributed by atoms with E-state index in [1.165, 1.54) is 24.3 Å². The number of carbonyl (C=O) groups excluding carboxylic acids is 2. The van der Waals surface area contributed by atoms with Gasteiger partial charge in [0.2, 0.25) is 5.91 Å². The minimum atomic E-state index is -1.04. The molecular formula is C15H18N2O4. The van der Waals surface area contributed by atoms with Crippen LogP contribution in [0.1, 0.15) is 41.0 Å². The average molecular weight is 290 g/mol. The van der Waals surface area contributed by atoms with Crippen LogP contribution in [0, 0.1) is 0 Å². The van der Waals surface area contributed by atoms with Gasteiger partial charge >= 0.3 is 5.97 Å². The van der Waals surface area contributed by atoms with Gasteiger partial charge in [-0.15, -0.1) is 0 Å². The molecule has 2 rings (SSSR count). The summed E-state index contributed by atoms with van der Waals surface area (Å²) >= 11 is 0. The van der Waals surface area contributed by atoms with Crippen LogP contribution in [0.15, 0.2) is 24.3 Å². The van der Waals surface area contributed by atoms with Crippen LogP contribution < -0.4 is 5.32 Å². The molecule has 0 unspecified atom stereocenters. The molecule has 1 fully saturated rings. The van der Waals surface area contributed by atoms with Crippen LogP contribution in [-0.4, -0.2) is 46.4 Å². The van der Waals surface area contributed by atoms with E-state index < -0.39 is 12.0 Å². The Morgan fingerprint density at radius 1 is 1.24 bits per heavy atom. The first-order valence-corrected chi connectivity index (χ1v) is 6.85. The van der Waals surface area contributed by atoms with E-state index >= 15 is 0 Å². The summed E-state index contributed by atoms with van der Waals surface area (Å²) in [5, 5.41) is 11.5. The van der Waals surface area contributed by atoms with E-state index in [1.54, 1.807) is 4.90 Å². The maximum Gasteiger partial charge on any atom is 0.335 e. The van der Waals surface area contributed by atoms with Crippen molar-refractivity contribution in [1.29, 1.82) is 0 Å². The molecule has 2 amide bonds. The lowest BCUT2D eigenvalue weighted by molar-refractivity contribution is -0.130. The average Bonchev–Trinajstić information content (AvgIpc) is 2.80. The van der Waals surface area contributed by atoms with Gasteiger partial charge in [0.25, 0.3) is 5.91 Å². The zero-order chi connectivity index (χ0) is 15.6. The Labute approximate surface area is 122 Å². The van der Waals surface area contributed by atoms with Crippen molar-refractivity contribution in [2.45, 2.75) is 32.4 Å². The number of aromatic carboxylic acids is 1. The lowest BCUT2D eigenvalue weighted by atomic mass is 10.1. The minimum absolute atomic E-state index is 0.0690. The lowest BCUT2D eigenvalue weighted by Crippen LogP contribution is -2.43. The molecule has 0 aliphatic carbocycles. The van der Waals surface area contributed by atoms with Crippen molar-refractivity contribution in [3.8, 4) is 0 Å². The molecule has 1 aromatic rings. The van der Waals surface area contributed by atoms with E-state index in [2.05, 4.69) is 5.32 Å². The van der Waals surface area contributed by atoms with Gasteiger partial charge in [0, 0.05) is 18.2 Å². The molecule has 6 nitrogen and oxygen atoms in total. The van der Waals surface area contributed by atoms with E-state index in [-0.39, 0.29) is 23.4 Å². The second kappa shape index (κ2) is 5.95. The number of likely N-dealkylation sites (tertiary alicyclic amines) is 1. The van der Waals surface area contributed by atoms with Gasteiger partial charge in [-0.1, -0.05) is 0 Å². The molecule has 0 bridgehead atoms. The number of nitrogens with zero attached hydrogens (tertiary/aromatic N) is 1. The first-order chi connectivity index (χ1) is 9.90. The van der Waals surface area contributed by atoms with E-state index in [0.29, 0.717) is 18.5 Å². The zero-order valence-corrected chi connectivity index (χ0v) is 12.0. The van der Waals surface area contributed by atoms with Crippen LogP contribution in [0.3, 0.4) is 0 Å². The summed E-state index contributed by atoms with van der Waals surface area (Å²) in [5.74, 6) is -1.48. The molecule has 1 aliphatic rings. The number of amides is 2. The van der Waals surface area contributed by atoms with Gasteiger partial charge in [-0.05, 0) is 44.5 Å². The van der Waals surface area contributed by atoms with Crippen LogP contribution in [0.5, 0.6) is 0 Å². The largest absolute Gasteiger partial charge is 0.478 e. The van der Waals surface area contributed by atoms with Gasteiger partial charge in [-0.25, -0.2) is 4.79 Å². The van der Waals surface area contributed by atoms with Crippen LogP contribution in [0.25, 0.3) is 0 Å². The Balaban J connectivity index is 2.02. The standard InChI is InChI=1S/C15H18N2O4/c1-9(2)17-8-7-12(14(17)19)16-13(18)10-3-5-11(6-4-10)15(20)21/h3-6,9,12H,7-8H2,1-2H3,(H,16,18)(H,20,21)/t12-/m1/s1. The summed E-state index contributed by atoms with van der Waals surface area (Å²) in [6.07, 6.45) is 0.593. The third kappa shape index (κ3) is 3.21. The molecule has 1 aromatic carbocycles. The van der Waals surface area contributed by atoms with Crippen molar-refractivity contribution in [1.82, 2.24) is 10.2 Å². The van der Waals surface area contributed by atoms with Crippen molar-refractivity contribution >= 4 is 17.8 Å². The van der Waals surface area contributed by atoms with Crippen molar-refractivity contribution in [2.24, 2.45) is 0 Å². The van der Waals surface area contributed by atoms with Crippen LogP contribution in [0.2, 0.25) is 0 Å².